The van der Waals surface area contributed by atoms with Crippen LogP contribution in [-0.2, 0) is 9.53 Å². The van der Waals surface area contributed by atoms with Gasteiger partial charge in [0.05, 0.1) is 7.11 Å². The van der Waals surface area contributed by atoms with Crippen molar-refractivity contribution in [2.45, 2.75) is 17.9 Å². The fourth-order valence-corrected chi connectivity index (χ4v) is 2.14. The Bertz CT molecular complexity index is 363. The van der Waals surface area contributed by atoms with E-state index < -0.39 is 5.54 Å². The normalized spacial score (nSPS) is 28.5. The van der Waals surface area contributed by atoms with Gasteiger partial charge in [-0.25, -0.2) is 0 Å². The number of carbonyl (C=O) groups excluding carboxylic acids is 1. The minimum Gasteiger partial charge on any atom is -0.468 e. The fourth-order valence-electron chi connectivity index (χ4n) is 2.14. The van der Waals surface area contributed by atoms with Gasteiger partial charge in [-0.15, -0.1) is 0 Å². The molecule has 1 aliphatic carbocycles. The number of likely N-dealkylation sites (N-methyl/N-ethyl adjacent to an activating group) is 1. The van der Waals surface area contributed by atoms with Crippen molar-refractivity contribution in [1.82, 2.24) is 5.32 Å². The minimum atomic E-state index is -0.490. The fraction of sp³-hybridized carbons (Fsp3) is 0.417. The zero-order valence-corrected chi connectivity index (χ0v) is 8.99. The van der Waals surface area contributed by atoms with E-state index in [0.717, 1.165) is 6.42 Å². The number of nitrogens with one attached hydrogen (secondary N) is 1. The number of methoxy groups -OCH3 is 1. The summed E-state index contributed by atoms with van der Waals surface area (Å²) in [6.45, 7) is 0. The molecule has 1 N–H and O–H groups in total. The Balaban J connectivity index is 2.20. The molecule has 0 aliphatic heterocycles. The van der Waals surface area contributed by atoms with Crippen molar-refractivity contribution in [3.05, 3.63) is 35.9 Å². The van der Waals surface area contributed by atoms with Gasteiger partial charge in [-0.3, -0.25) is 4.79 Å². The summed E-state index contributed by atoms with van der Waals surface area (Å²) in [4.78, 5) is 11.6. The van der Waals surface area contributed by atoms with E-state index in [1.54, 1.807) is 7.05 Å². The summed E-state index contributed by atoms with van der Waals surface area (Å²) in [6, 6.07) is 10.1. The molecule has 1 fully saturated rings. The molecule has 80 valence electrons. The van der Waals surface area contributed by atoms with Crippen LogP contribution in [0.25, 0.3) is 0 Å². The second-order valence-corrected chi connectivity index (χ2v) is 3.88. The quantitative estimate of drug-likeness (QED) is 0.756. The third kappa shape index (κ3) is 1.53. The highest BCUT2D eigenvalue weighted by Crippen LogP contribution is 2.51. The van der Waals surface area contributed by atoms with E-state index in [4.69, 9.17) is 4.74 Å². The second-order valence-electron chi connectivity index (χ2n) is 3.88. The molecule has 1 saturated carbocycles. The highest BCUT2D eigenvalue weighted by atomic mass is 16.5. The van der Waals surface area contributed by atoms with Crippen molar-refractivity contribution in [1.29, 1.82) is 0 Å². The van der Waals surface area contributed by atoms with Gasteiger partial charge in [-0.05, 0) is 19.0 Å². The van der Waals surface area contributed by atoms with Crippen molar-refractivity contribution in [3.8, 4) is 0 Å². The van der Waals surface area contributed by atoms with Crippen LogP contribution < -0.4 is 5.32 Å². The Labute approximate surface area is 89.4 Å². The van der Waals surface area contributed by atoms with Gasteiger partial charge in [0.2, 0.25) is 0 Å². The Morgan fingerprint density at radius 2 is 2.13 bits per heavy atom. The molecule has 0 unspecified atom stereocenters. The molecule has 1 aliphatic rings. The van der Waals surface area contributed by atoms with Crippen LogP contribution in [0, 0.1) is 0 Å². The highest BCUT2D eigenvalue weighted by Gasteiger charge is 2.60. The van der Waals surface area contributed by atoms with Crippen LogP contribution in [0.1, 0.15) is 17.9 Å². The zero-order chi connectivity index (χ0) is 10.9. The first-order chi connectivity index (χ1) is 7.24. The van der Waals surface area contributed by atoms with Gasteiger partial charge < -0.3 is 10.1 Å². The van der Waals surface area contributed by atoms with E-state index >= 15 is 0 Å². The molecule has 2 atom stereocenters. The van der Waals surface area contributed by atoms with Crippen LogP contribution in [0.15, 0.2) is 30.3 Å². The lowest BCUT2D eigenvalue weighted by atomic mass is 10.1. The standard InChI is InChI=1S/C12H15NO2/c1-13-12(11(14)15-2)8-10(12)9-6-4-3-5-7-9/h3-7,10,13H,8H2,1-2H3/t10-,12+/m0/s1. The van der Waals surface area contributed by atoms with Crippen molar-refractivity contribution < 1.29 is 9.53 Å². The number of benzene rings is 1. The van der Waals surface area contributed by atoms with Crippen LogP contribution in [0.2, 0.25) is 0 Å². The number of hydrogen-bond donors (Lipinski definition) is 1. The van der Waals surface area contributed by atoms with Crippen molar-refractivity contribution in [3.63, 3.8) is 0 Å². The first-order valence-electron chi connectivity index (χ1n) is 5.07. The molecular formula is C12H15NO2. The summed E-state index contributed by atoms with van der Waals surface area (Å²) in [5, 5.41) is 3.08. The molecule has 15 heavy (non-hydrogen) atoms. The van der Waals surface area contributed by atoms with Gasteiger partial charge in [0.25, 0.3) is 0 Å². The zero-order valence-electron chi connectivity index (χ0n) is 8.99. The summed E-state index contributed by atoms with van der Waals surface area (Å²) in [7, 11) is 3.24. The van der Waals surface area contributed by atoms with E-state index in [2.05, 4.69) is 5.32 Å². The molecule has 3 nitrogen and oxygen atoms in total. The summed E-state index contributed by atoms with van der Waals surface area (Å²) < 4.78 is 4.82. The van der Waals surface area contributed by atoms with Gasteiger partial charge in [0.15, 0.2) is 0 Å². The van der Waals surface area contributed by atoms with Crippen LogP contribution in [0.3, 0.4) is 0 Å². The van der Waals surface area contributed by atoms with Crippen molar-refractivity contribution in [2.75, 3.05) is 14.2 Å². The van der Waals surface area contributed by atoms with Gasteiger partial charge in [-0.1, -0.05) is 30.3 Å². The van der Waals surface area contributed by atoms with Crippen LogP contribution in [0.4, 0.5) is 0 Å². The van der Waals surface area contributed by atoms with E-state index in [1.807, 2.05) is 30.3 Å². The average molecular weight is 205 g/mol. The van der Waals surface area contributed by atoms with Crippen molar-refractivity contribution in [2.24, 2.45) is 0 Å². The largest absolute Gasteiger partial charge is 0.468 e. The lowest BCUT2D eigenvalue weighted by molar-refractivity contribution is -0.144. The molecule has 0 radical (unpaired) electrons. The van der Waals surface area contributed by atoms with Crippen LogP contribution in [0.5, 0.6) is 0 Å². The number of hydrogen-bond acceptors (Lipinski definition) is 3. The smallest absolute Gasteiger partial charge is 0.326 e. The molecule has 0 bridgehead atoms. The van der Waals surface area contributed by atoms with Gasteiger partial charge in [0.1, 0.15) is 5.54 Å². The summed E-state index contributed by atoms with van der Waals surface area (Å²) in [5.41, 5.74) is 0.702. The summed E-state index contributed by atoms with van der Waals surface area (Å²) in [5.74, 6) is 0.0787. The molecule has 0 amide bonds. The first kappa shape index (κ1) is 10.2. The average Bonchev–Trinajstić information content (AvgIpc) is 3.05. The number of esters is 1. The molecule has 3 heteroatoms. The molecule has 2 rings (SSSR count). The molecule has 0 heterocycles. The van der Waals surface area contributed by atoms with E-state index in [1.165, 1.54) is 12.7 Å². The molecule has 1 aromatic carbocycles. The maximum absolute atomic E-state index is 11.6. The Hall–Kier alpha value is -1.35. The van der Waals surface area contributed by atoms with Crippen molar-refractivity contribution >= 4 is 5.97 Å². The molecule has 1 aromatic rings. The Morgan fingerprint density at radius 3 is 2.67 bits per heavy atom. The van der Waals surface area contributed by atoms with Crippen LogP contribution in [-0.4, -0.2) is 25.7 Å². The van der Waals surface area contributed by atoms with Gasteiger partial charge in [0, 0.05) is 5.92 Å². The topological polar surface area (TPSA) is 38.3 Å². The molecule has 0 spiro atoms. The summed E-state index contributed by atoms with van der Waals surface area (Å²) in [6.07, 6.45) is 0.820. The monoisotopic (exact) mass is 205 g/mol. The molecule has 0 aromatic heterocycles. The predicted molar refractivity (Wildman–Crippen MR) is 57.6 cm³/mol. The van der Waals surface area contributed by atoms with Gasteiger partial charge >= 0.3 is 5.97 Å². The lowest BCUT2D eigenvalue weighted by Crippen LogP contribution is -2.39. The third-order valence-electron chi connectivity index (χ3n) is 3.16. The maximum Gasteiger partial charge on any atom is 0.326 e. The van der Waals surface area contributed by atoms with Gasteiger partial charge in [-0.2, -0.15) is 0 Å². The van der Waals surface area contributed by atoms with Crippen LogP contribution >= 0.6 is 0 Å². The van der Waals surface area contributed by atoms with E-state index in [9.17, 15) is 4.79 Å². The Kier molecular flexibility index (Phi) is 2.49. The Morgan fingerprint density at radius 1 is 1.47 bits per heavy atom. The summed E-state index contributed by atoms with van der Waals surface area (Å²) >= 11 is 0. The van der Waals surface area contributed by atoms with E-state index in [0.29, 0.717) is 0 Å². The molecule has 0 saturated heterocycles. The number of carbonyl (C=O) groups is 1. The van der Waals surface area contributed by atoms with E-state index in [-0.39, 0.29) is 11.9 Å². The number of ether oxygens (including phenoxy) is 1. The highest BCUT2D eigenvalue weighted by molar-refractivity contribution is 5.86. The third-order valence-corrected chi connectivity index (χ3v) is 3.16. The first-order valence-corrected chi connectivity index (χ1v) is 5.07. The SMILES string of the molecule is CN[C@]1(C(=O)OC)C[C@H]1c1ccccc1. The molecular weight excluding hydrogens is 190 g/mol. The minimum absolute atomic E-state index is 0.168. The lowest BCUT2D eigenvalue weighted by Gasteiger charge is -2.13. The predicted octanol–water partition coefficient (Wildman–Crippen LogP) is 1.31. The number of rotatable bonds is 3. The second kappa shape index (κ2) is 3.66. The maximum atomic E-state index is 11.6.